The maximum Gasteiger partial charge on any atom is 0.408 e. The van der Waals surface area contributed by atoms with E-state index in [-0.39, 0.29) is 11.9 Å². The molecule has 1 aromatic rings. The Labute approximate surface area is 210 Å². The molecule has 8 heteroatoms. The first-order valence-corrected chi connectivity index (χ1v) is 12.3. The summed E-state index contributed by atoms with van der Waals surface area (Å²) in [6.45, 7) is 17.8. The van der Waals surface area contributed by atoms with Gasteiger partial charge in [0.25, 0.3) is 0 Å². The number of ether oxygens (including phenoxy) is 1. The van der Waals surface area contributed by atoms with Crippen LogP contribution in [0.25, 0.3) is 0 Å². The number of hydrogen-bond donors (Lipinski definition) is 3. The molecule has 0 radical (unpaired) electrons. The maximum atomic E-state index is 13.9. The zero-order valence-electron chi connectivity index (χ0n) is 23.1. The first-order valence-electron chi connectivity index (χ1n) is 12.3. The van der Waals surface area contributed by atoms with E-state index in [0.29, 0.717) is 5.56 Å². The van der Waals surface area contributed by atoms with Gasteiger partial charge in [0.05, 0.1) is 6.61 Å². The van der Waals surface area contributed by atoms with Gasteiger partial charge < -0.3 is 25.4 Å². The van der Waals surface area contributed by atoms with E-state index in [0.717, 1.165) is 24.0 Å². The van der Waals surface area contributed by atoms with Crippen molar-refractivity contribution in [3.63, 3.8) is 0 Å². The van der Waals surface area contributed by atoms with Crippen molar-refractivity contribution in [2.75, 3.05) is 6.61 Å². The van der Waals surface area contributed by atoms with E-state index in [1.54, 1.807) is 20.8 Å². The number of nitrogens with zero attached hydrogens (tertiary/aromatic N) is 1. The van der Waals surface area contributed by atoms with Gasteiger partial charge in [0, 0.05) is 11.6 Å². The molecular weight excluding hydrogens is 446 g/mol. The molecule has 0 aliphatic heterocycles. The van der Waals surface area contributed by atoms with Crippen LogP contribution in [-0.4, -0.2) is 57.7 Å². The number of aliphatic hydroxyl groups is 1. The van der Waals surface area contributed by atoms with Crippen LogP contribution in [0.1, 0.15) is 91.0 Å². The van der Waals surface area contributed by atoms with Crippen molar-refractivity contribution >= 4 is 17.9 Å². The van der Waals surface area contributed by atoms with Crippen molar-refractivity contribution in [2.24, 2.45) is 0 Å². The standard InChI is InChI=1S/C27H45N3O5/c1-11-13-18(3)28-23(32)22(20-15-12-14-17(2)19(20)4)30(26(5,6)7)24(33)21(16-31)29-25(34)35-27(8,9)10/h12,14-15,18,21-22,31H,11,13,16H2,1-10H3,(H,28,32)(H,29,34). The lowest BCUT2D eigenvalue weighted by Gasteiger charge is -2.43. The number of carbonyl (C=O) groups is 3. The van der Waals surface area contributed by atoms with Crippen LogP contribution in [0.15, 0.2) is 18.2 Å². The molecule has 0 aromatic heterocycles. The third-order valence-corrected chi connectivity index (χ3v) is 5.69. The summed E-state index contributed by atoms with van der Waals surface area (Å²) in [6.07, 6.45) is 0.890. The summed E-state index contributed by atoms with van der Waals surface area (Å²) < 4.78 is 5.28. The zero-order valence-corrected chi connectivity index (χ0v) is 23.1. The number of hydrogen-bond acceptors (Lipinski definition) is 5. The second-order valence-corrected chi connectivity index (χ2v) is 11.2. The molecule has 0 fully saturated rings. The third kappa shape index (κ3) is 8.84. The summed E-state index contributed by atoms with van der Waals surface area (Å²) in [5.74, 6) is -0.882. The number of rotatable bonds is 9. The molecule has 3 N–H and O–H groups in total. The molecule has 1 aromatic carbocycles. The highest BCUT2D eigenvalue weighted by Crippen LogP contribution is 2.33. The first kappa shape index (κ1) is 30.4. The molecule has 0 spiro atoms. The van der Waals surface area contributed by atoms with Gasteiger partial charge in [-0.1, -0.05) is 31.5 Å². The Morgan fingerprint density at radius 3 is 2.14 bits per heavy atom. The Morgan fingerprint density at radius 2 is 1.66 bits per heavy atom. The summed E-state index contributed by atoms with van der Waals surface area (Å²) >= 11 is 0. The summed E-state index contributed by atoms with van der Waals surface area (Å²) in [5.41, 5.74) is 1.01. The number of aliphatic hydroxyl groups excluding tert-OH is 1. The smallest absolute Gasteiger partial charge is 0.408 e. The Morgan fingerprint density at radius 1 is 1.06 bits per heavy atom. The van der Waals surface area contributed by atoms with Gasteiger partial charge >= 0.3 is 6.09 Å². The number of nitrogens with one attached hydrogen (secondary N) is 2. The average Bonchev–Trinajstić information content (AvgIpc) is 2.69. The van der Waals surface area contributed by atoms with Gasteiger partial charge in [-0.3, -0.25) is 9.59 Å². The number of aryl methyl sites for hydroxylation is 1. The summed E-state index contributed by atoms with van der Waals surface area (Å²) in [7, 11) is 0. The lowest BCUT2D eigenvalue weighted by molar-refractivity contribution is -0.149. The van der Waals surface area contributed by atoms with E-state index in [1.807, 2.05) is 66.7 Å². The predicted octanol–water partition coefficient (Wildman–Crippen LogP) is 4.16. The summed E-state index contributed by atoms with van der Waals surface area (Å²) in [5, 5.41) is 15.6. The zero-order chi connectivity index (χ0) is 27.1. The van der Waals surface area contributed by atoms with E-state index >= 15 is 0 Å². The second-order valence-electron chi connectivity index (χ2n) is 11.2. The lowest BCUT2D eigenvalue weighted by atomic mass is 9.91. The van der Waals surface area contributed by atoms with Gasteiger partial charge in [-0.05, 0) is 85.4 Å². The van der Waals surface area contributed by atoms with E-state index in [1.165, 1.54) is 4.90 Å². The van der Waals surface area contributed by atoms with Crippen molar-refractivity contribution in [3.8, 4) is 0 Å². The van der Waals surface area contributed by atoms with E-state index in [4.69, 9.17) is 4.74 Å². The molecule has 35 heavy (non-hydrogen) atoms. The van der Waals surface area contributed by atoms with Crippen LogP contribution in [0.3, 0.4) is 0 Å². The van der Waals surface area contributed by atoms with Crippen LogP contribution in [0.2, 0.25) is 0 Å². The van der Waals surface area contributed by atoms with E-state index in [2.05, 4.69) is 10.6 Å². The minimum absolute atomic E-state index is 0.0782. The number of amides is 3. The van der Waals surface area contributed by atoms with Gasteiger partial charge in [-0.15, -0.1) is 0 Å². The molecule has 3 amide bonds. The molecule has 3 atom stereocenters. The van der Waals surface area contributed by atoms with Crippen molar-refractivity contribution in [1.82, 2.24) is 15.5 Å². The van der Waals surface area contributed by atoms with Gasteiger partial charge in [0.1, 0.15) is 17.7 Å². The van der Waals surface area contributed by atoms with Crippen molar-refractivity contribution < 1.29 is 24.2 Å². The van der Waals surface area contributed by atoms with Gasteiger partial charge in [0.2, 0.25) is 11.8 Å². The average molecular weight is 492 g/mol. The Hall–Kier alpha value is -2.61. The monoisotopic (exact) mass is 491 g/mol. The van der Waals surface area contributed by atoms with Gasteiger partial charge in [0.15, 0.2) is 0 Å². The molecule has 0 saturated carbocycles. The van der Waals surface area contributed by atoms with Crippen LogP contribution in [-0.2, 0) is 14.3 Å². The Bertz CT molecular complexity index is 886. The molecule has 0 aliphatic carbocycles. The minimum atomic E-state index is -1.28. The summed E-state index contributed by atoms with van der Waals surface area (Å²) in [4.78, 5) is 41.5. The van der Waals surface area contributed by atoms with Crippen LogP contribution in [0.5, 0.6) is 0 Å². The fourth-order valence-corrected chi connectivity index (χ4v) is 3.94. The van der Waals surface area contributed by atoms with Crippen LogP contribution in [0, 0.1) is 13.8 Å². The normalized spacial score (nSPS) is 14.5. The second kappa shape index (κ2) is 12.4. The SMILES string of the molecule is CCCC(C)NC(=O)C(c1cccc(C)c1C)N(C(=O)C(CO)NC(=O)OC(C)(C)C)C(C)(C)C. The third-order valence-electron chi connectivity index (χ3n) is 5.69. The van der Waals surface area contributed by atoms with Crippen molar-refractivity contribution in [3.05, 3.63) is 34.9 Å². The topological polar surface area (TPSA) is 108 Å². The van der Waals surface area contributed by atoms with E-state index < -0.39 is 41.8 Å². The molecule has 3 unspecified atom stereocenters. The van der Waals surface area contributed by atoms with Gasteiger partial charge in [-0.25, -0.2) is 4.79 Å². The van der Waals surface area contributed by atoms with Crippen molar-refractivity contribution in [1.29, 1.82) is 0 Å². The van der Waals surface area contributed by atoms with Crippen LogP contribution < -0.4 is 10.6 Å². The van der Waals surface area contributed by atoms with Crippen molar-refractivity contribution in [2.45, 2.75) is 111 Å². The maximum absolute atomic E-state index is 13.9. The highest BCUT2D eigenvalue weighted by Gasteiger charge is 2.42. The number of benzene rings is 1. The number of carbonyl (C=O) groups excluding carboxylic acids is 3. The Kier molecular flexibility index (Phi) is 10.8. The Balaban J connectivity index is 3.56. The predicted molar refractivity (Wildman–Crippen MR) is 138 cm³/mol. The molecule has 0 heterocycles. The van der Waals surface area contributed by atoms with E-state index in [9.17, 15) is 19.5 Å². The number of alkyl carbamates (subject to hydrolysis) is 1. The molecule has 0 aliphatic rings. The molecule has 8 nitrogen and oxygen atoms in total. The quantitative estimate of drug-likeness (QED) is 0.481. The summed E-state index contributed by atoms with van der Waals surface area (Å²) in [6, 6.07) is 3.34. The first-order chi connectivity index (χ1) is 16.0. The molecule has 1 rings (SSSR count). The molecule has 198 valence electrons. The fourth-order valence-electron chi connectivity index (χ4n) is 3.94. The molecular formula is C27H45N3O5. The van der Waals surface area contributed by atoms with Crippen LogP contribution in [0.4, 0.5) is 4.79 Å². The lowest BCUT2D eigenvalue weighted by Crippen LogP contribution is -2.60. The fraction of sp³-hybridized carbons (Fsp3) is 0.667. The van der Waals surface area contributed by atoms with Crippen LogP contribution >= 0.6 is 0 Å². The highest BCUT2D eigenvalue weighted by atomic mass is 16.6. The van der Waals surface area contributed by atoms with Gasteiger partial charge in [-0.2, -0.15) is 0 Å². The molecule has 0 saturated heterocycles. The molecule has 0 bridgehead atoms. The minimum Gasteiger partial charge on any atom is -0.444 e. The largest absolute Gasteiger partial charge is 0.444 e. The highest BCUT2D eigenvalue weighted by molar-refractivity contribution is 5.93.